The third-order valence-corrected chi connectivity index (χ3v) is 7.30. The highest BCUT2D eigenvalue weighted by Gasteiger charge is 2.52. The molecule has 0 saturated heterocycles. The second kappa shape index (κ2) is 7.87. The molecule has 0 amide bonds. The molecule has 0 fully saturated rings. The Morgan fingerprint density at radius 1 is 0.759 bits per heavy atom. The Labute approximate surface area is 186 Å². The number of halogens is 4. The van der Waals surface area contributed by atoms with E-state index in [1.54, 1.807) is 6.07 Å². The molecule has 1 atom stereocenters. The third kappa shape index (κ3) is 3.54. The van der Waals surface area contributed by atoms with Crippen molar-refractivity contribution in [3.05, 3.63) is 91.4 Å². The van der Waals surface area contributed by atoms with E-state index >= 15 is 0 Å². The summed E-state index contributed by atoms with van der Waals surface area (Å²) in [5.41, 5.74) is -0.719. The van der Waals surface area contributed by atoms with Crippen molar-refractivity contribution in [2.75, 3.05) is 0 Å². The fourth-order valence-electron chi connectivity index (χ4n) is 3.21. The molecule has 0 heterocycles. The van der Waals surface area contributed by atoms with Crippen molar-refractivity contribution in [2.45, 2.75) is 4.75 Å². The van der Waals surface area contributed by atoms with Gasteiger partial charge in [-0.05, 0) is 35.9 Å². The first-order valence-corrected chi connectivity index (χ1v) is 10.9. The molecule has 0 aliphatic rings. The molecule has 0 bridgehead atoms. The summed E-state index contributed by atoms with van der Waals surface area (Å²) in [6, 6.07) is 11.7. The van der Waals surface area contributed by atoms with Gasteiger partial charge in [0.15, 0.2) is 4.75 Å². The molecule has 1 unspecified atom stereocenters. The van der Waals surface area contributed by atoms with Gasteiger partial charge in [-0.1, -0.05) is 70.7 Å². The number of phenolic OH excluding ortho intramolecular Hbond substituents is 2. The van der Waals surface area contributed by atoms with E-state index in [4.69, 9.17) is 46.4 Å². The van der Waals surface area contributed by atoms with Crippen molar-refractivity contribution in [2.24, 2.45) is 0 Å². The number of hydrogen-bond acceptors (Lipinski definition) is 4. The highest BCUT2D eigenvalue weighted by Crippen LogP contribution is 2.53. The summed E-state index contributed by atoms with van der Waals surface area (Å²) in [7, 11) is -5.14. The largest absolute Gasteiger partial charge is 0.508 e. The molecule has 0 aliphatic heterocycles. The van der Waals surface area contributed by atoms with E-state index < -0.39 is 31.9 Å². The molecule has 29 heavy (non-hydrogen) atoms. The van der Waals surface area contributed by atoms with Crippen molar-refractivity contribution in [3.8, 4) is 11.5 Å². The Morgan fingerprint density at radius 3 is 1.97 bits per heavy atom. The lowest BCUT2D eigenvalue weighted by atomic mass is 9.83. The van der Waals surface area contributed by atoms with Gasteiger partial charge in [-0.15, -0.1) is 0 Å². The maximum atomic E-state index is 13.0. The lowest BCUT2D eigenvalue weighted by Gasteiger charge is -2.34. The lowest BCUT2D eigenvalue weighted by Crippen LogP contribution is -2.39. The molecule has 0 spiro atoms. The van der Waals surface area contributed by atoms with E-state index in [1.807, 2.05) is 0 Å². The molecule has 0 radical (unpaired) electrons. The predicted octanol–water partition coefficient (Wildman–Crippen LogP) is 5.89. The molecule has 5 nitrogen and oxygen atoms in total. The number of hydrogen-bond donors (Lipinski definition) is 3. The van der Waals surface area contributed by atoms with Gasteiger partial charge in [-0.25, -0.2) is 0 Å². The minimum absolute atomic E-state index is 0.0463. The van der Waals surface area contributed by atoms with Crippen LogP contribution in [0, 0.1) is 0 Å². The van der Waals surface area contributed by atoms with E-state index in [-0.39, 0.29) is 31.2 Å². The molecule has 0 saturated carbocycles. The highest BCUT2D eigenvalue weighted by atomic mass is 35.5. The number of benzene rings is 3. The minimum atomic E-state index is -5.14. The van der Waals surface area contributed by atoms with Gasteiger partial charge >= 0.3 is 0 Å². The van der Waals surface area contributed by atoms with E-state index in [0.717, 1.165) is 12.1 Å². The van der Waals surface area contributed by atoms with Gasteiger partial charge in [-0.3, -0.25) is 4.55 Å². The van der Waals surface area contributed by atoms with Gasteiger partial charge in [0.2, 0.25) is 0 Å². The topological polar surface area (TPSA) is 94.8 Å². The van der Waals surface area contributed by atoms with Gasteiger partial charge in [0, 0.05) is 16.1 Å². The van der Waals surface area contributed by atoms with Crippen LogP contribution in [-0.2, 0) is 14.9 Å². The van der Waals surface area contributed by atoms with Crippen LogP contribution in [-0.4, -0.2) is 23.2 Å². The van der Waals surface area contributed by atoms with Crippen molar-refractivity contribution < 1.29 is 23.2 Å². The summed E-state index contributed by atoms with van der Waals surface area (Å²) in [4.78, 5) is 0. The second-order valence-electron chi connectivity index (χ2n) is 6.06. The summed E-state index contributed by atoms with van der Waals surface area (Å²) in [6.07, 6.45) is 0. The average molecular weight is 494 g/mol. The Morgan fingerprint density at radius 2 is 1.38 bits per heavy atom. The van der Waals surface area contributed by atoms with Crippen LogP contribution in [0.1, 0.15) is 16.7 Å². The summed E-state index contributed by atoms with van der Waals surface area (Å²) < 4.78 is 33.9. The van der Waals surface area contributed by atoms with Crippen LogP contribution in [0.15, 0.2) is 54.6 Å². The minimum Gasteiger partial charge on any atom is -0.508 e. The Bertz CT molecular complexity index is 1210. The Kier molecular flexibility index (Phi) is 5.98. The first-order chi connectivity index (χ1) is 13.5. The van der Waals surface area contributed by atoms with Crippen molar-refractivity contribution in [1.82, 2.24) is 0 Å². The van der Waals surface area contributed by atoms with Crippen LogP contribution in [0.5, 0.6) is 11.5 Å². The Hall–Kier alpha value is -1.67. The zero-order chi connectivity index (χ0) is 21.6. The van der Waals surface area contributed by atoms with E-state index in [0.29, 0.717) is 0 Å². The SMILES string of the molecule is O=S(=O)(O)C(c1ccc(Cl)c(O)c1)(c1ccccc1Cl)c1c(O)ccc(Cl)c1Cl. The van der Waals surface area contributed by atoms with E-state index in [9.17, 15) is 23.2 Å². The average Bonchev–Trinajstić information content (AvgIpc) is 2.64. The van der Waals surface area contributed by atoms with Gasteiger partial charge < -0.3 is 10.2 Å². The quantitative estimate of drug-likeness (QED) is 0.311. The fraction of sp³-hybridized carbons (Fsp3) is 0.0526. The molecule has 3 aromatic rings. The number of rotatable bonds is 4. The smallest absolute Gasteiger partial charge is 0.283 e. The van der Waals surface area contributed by atoms with Crippen LogP contribution in [0.25, 0.3) is 0 Å². The fourth-order valence-corrected chi connectivity index (χ4v) is 5.52. The zero-order valence-electron chi connectivity index (χ0n) is 14.3. The van der Waals surface area contributed by atoms with Crippen LogP contribution in [0.2, 0.25) is 20.1 Å². The van der Waals surface area contributed by atoms with E-state index in [1.165, 1.54) is 36.4 Å². The van der Waals surface area contributed by atoms with Crippen molar-refractivity contribution >= 4 is 56.5 Å². The first-order valence-electron chi connectivity index (χ1n) is 7.90. The molecule has 152 valence electrons. The highest BCUT2D eigenvalue weighted by molar-refractivity contribution is 7.87. The van der Waals surface area contributed by atoms with Gasteiger partial charge in [0.05, 0.1) is 15.1 Å². The first kappa shape index (κ1) is 22.0. The summed E-state index contributed by atoms with van der Waals surface area (Å²) in [5.74, 6) is -1.02. The van der Waals surface area contributed by atoms with Crippen LogP contribution >= 0.6 is 46.4 Å². The molecular formula is C19H12Cl4O5S. The lowest BCUT2D eigenvalue weighted by molar-refractivity contribution is 0.439. The van der Waals surface area contributed by atoms with Crippen LogP contribution in [0.4, 0.5) is 0 Å². The predicted molar refractivity (Wildman–Crippen MR) is 114 cm³/mol. The zero-order valence-corrected chi connectivity index (χ0v) is 18.1. The molecule has 3 aromatic carbocycles. The van der Waals surface area contributed by atoms with Gasteiger partial charge in [0.25, 0.3) is 10.1 Å². The van der Waals surface area contributed by atoms with Crippen molar-refractivity contribution in [3.63, 3.8) is 0 Å². The molecular weight excluding hydrogens is 482 g/mol. The number of phenols is 2. The summed E-state index contributed by atoms with van der Waals surface area (Å²) in [6.45, 7) is 0. The summed E-state index contributed by atoms with van der Waals surface area (Å²) >= 11 is 24.6. The normalized spacial score (nSPS) is 13.8. The second-order valence-corrected chi connectivity index (χ2v) is 9.22. The molecule has 10 heteroatoms. The van der Waals surface area contributed by atoms with Crippen LogP contribution in [0.3, 0.4) is 0 Å². The van der Waals surface area contributed by atoms with Crippen molar-refractivity contribution in [1.29, 1.82) is 0 Å². The molecule has 0 aliphatic carbocycles. The van der Waals surface area contributed by atoms with Crippen LogP contribution < -0.4 is 0 Å². The summed E-state index contributed by atoms with van der Waals surface area (Å²) in [5, 5.41) is 20.2. The van der Waals surface area contributed by atoms with Gasteiger partial charge in [-0.2, -0.15) is 8.42 Å². The third-order valence-electron chi connectivity index (χ3n) is 4.42. The standard InChI is InChI=1S/C19H12Cl4O5S/c20-12-4-2-1-3-11(12)19(29(26,27)28,10-5-6-13(21)16(25)9-10)17-15(24)8-7-14(22)18(17)23/h1-9,24-25H,(H,26,27,28). The monoisotopic (exact) mass is 492 g/mol. The maximum Gasteiger partial charge on any atom is 0.283 e. The Balaban J connectivity index is 2.66. The number of aromatic hydroxyl groups is 2. The van der Waals surface area contributed by atoms with Gasteiger partial charge in [0.1, 0.15) is 11.5 Å². The molecule has 3 N–H and O–H groups in total. The maximum absolute atomic E-state index is 13.0. The van der Waals surface area contributed by atoms with E-state index in [2.05, 4.69) is 0 Å². The molecule has 0 aromatic heterocycles. The molecule has 3 rings (SSSR count).